The van der Waals surface area contributed by atoms with Gasteiger partial charge in [0.15, 0.2) is 0 Å². The summed E-state index contributed by atoms with van der Waals surface area (Å²) in [6.45, 7) is 5.59. The standard InChI is InChI=1S/C18H25ClN2O/c1-14-7-8-16(19)13-17(14)20-9-11-21(12-10-20)18(22)15-5-3-2-4-6-15/h7-8,13,15H,2-6,9-12H2,1H3. The fourth-order valence-electron chi connectivity index (χ4n) is 3.70. The molecule has 4 heteroatoms. The normalized spacial score (nSPS) is 20.3. The third-order valence-corrected chi connectivity index (χ3v) is 5.29. The Labute approximate surface area is 138 Å². The number of carbonyl (C=O) groups is 1. The fourth-order valence-corrected chi connectivity index (χ4v) is 3.87. The highest BCUT2D eigenvalue weighted by atomic mass is 35.5. The monoisotopic (exact) mass is 320 g/mol. The lowest BCUT2D eigenvalue weighted by atomic mass is 9.88. The van der Waals surface area contributed by atoms with Gasteiger partial charge in [0.05, 0.1) is 0 Å². The lowest BCUT2D eigenvalue weighted by Gasteiger charge is -2.38. The number of hydrogen-bond acceptors (Lipinski definition) is 2. The maximum atomic E-state index is 12.6. The highest BCUT2D eigenvalue weighted by Gasteiger charge is 2.28. The zero-order chi connectivity index (χ0) is 15.5. The summed E-state index contributed by atoms with van der Waals surface area (Å²) < 4.78 is 0. The third kappa shape index (κ3) is 3.40. The maximum Gasteiger partial charge on any atom is 0.225 e. The molecule has 0 aromatic heterocycles. The molecular weight excluding hydrogens is 296 g/mol. The molecule has 3 nitrogen and oxygen atoms in total. The molecule has 0 unspecified atom stereocenters. The lowest BCUT2D eigenvalue weighted by Crippen LogP contribution is -2.50. The molecule has 3 rings (SSSR count). The molecule has 1 aliphatic heterocycles. The van der Waals surface area contributed by atoms with E-state index in [0.29, 0.717) is 5.91 Å². The van der Waals surface area contributed by atoms with Gasteiger partial charge in [-0.15, -0.1) is 0 Å². The molecule has 1 aliphatic carbocycles. The summed E-state index contributed by atoms with van der Waals surface area (Å²) in [7, 11) is 0. The topological polar surface area (TPSA) is 23.6 Å². The molecule has 1 aromatic carbocycles. The van der Waals surface area contributed by atoms with Gasteiger partial charge in [-0.3, -0.25) is 4.79 Å². The zero-order valence-electron chi connectivity index (χ0n) is 13.4. The summed E-state index contributed by atoms with van der Waals surface area (Å²) in [5.41, 5.74) is 2.45. The molecule has 0 N–H and O–H groups in total. The van der Waals surface area contributed by atoms with Crippen LogP contribution in [0.3, 0.4) is 0 Å². The van der Waals surface area contributed by atoms with E-state index >= 15 is 0 Å². The van der Waals surface area contributed by atoms with Crippen LogP contribution in [0.4, 0.5) is 5.69 Å². The molecular formula is C18H25ClN2O. The fraction of sp³-hybridized carbons (Fsp3) is 0.611. The summed E-state index contributed by atoms with van der Waals surface area (Å²) in [6.07, 6.45) is 5.92. The molecule has 1 saturated heterocycles. The van der Waals surface area contributed by atoms with Gasteiger partial charge in [-0.2, -0.15) is 0 Å². The van der Waals surface area contributed by atoms with Gasteiger partial charge >= 0.3 is 0 Å². The van der Waals surface area contributed by atoms with Gasteiger partial charge < -0.3 is 9.80 Å². The molecule has 1 saturated carbocycles. The number of amides is 1. The van der Waals surface area contributed by atoms with Crippen LogP contribution in [-0.2, 0) is 4.79 Å². The first-order valence-electron chi connectivity index (χ1n) is 8.45. The van der Waals surface area contributed by atoms with E-state index in [1.54, 1.807) is 0 Å². The first kappa shape index (κ1) is 15.7. The van der Waals surface area contributed by atoms with E-state index in [0.717, 1.165) is 44.0 Å². The van der Waals surface area contributed by atoms with Crippen LogP contribution in [0.5, 0.6) is 0 Å². The first-order chi connectivity index (χ1) is 10.6. The number of hydrogen-bond donors (Lipinski definition) is 0. The summed E-state index contributed by atoms with van der Waals surface area (Å²) in [4.78, 5) is 17.0. The Balaban J connectivity index is 1.60. The van der Waals surface area contributed by atoms with Crippen molar-refractivity contribution < 1.29 is 4.79 Å². The van der Waals surface area contributed by atoms with Crippen molar-refractivity contribution in [1.82, 2.24) is 4.90 Å². The van der Waals surface area contributed by atoms with Crippen LogP contribution in [0.2, 0.25) is 5.02 Å². The lowest BCUT2D eigenvalue weighted by molar-refractivity contribution is -0.136. The van der Waals surface area contributed by atoms with E-state index in [4.69, 9.17) is 11.6 Å². The Morgan fingerprint density at radius 1 is 1.09 bits per heavy atom. The smallest absolute Gasteiger partial charge is 0.225 e. The van der Waals surface area contributed by atoms with Gasteiger partial charge in [-0.1, -0.05) is 36.9 Å². The van der Waals surface area contributed by atoms with Gasteiger partial charge in [0.2, 0.25) is 5.91 Å². The van der Waals surface area contributed by atoms with Crippen LogP contribution >= 0.6 is 11.6 Å². The van der Waals surface area contributed by atoms with Gasteiger partial charge in [0.1, 0.15) is 0 Å². The maximum absolute atomic E-state index is 12.6. The number of rotatable bonds is 2. The second-order valence-electron chi connectivity index (χ2n) is 6.58. The molecule has 0 spiro atoms. The summed E-state index contributed by atoms with van der Waals surface area (Å²) in [5.74, 6) is 0.676. The van der Waals surface area contributed by atoms with Crippen molar-refractivity contribution in [3.8, 4) is 0 Å². The first-order valence-corrected chi connectivity index (χ1v) is 8.83. The Morgan fingerprint density at radius 3 is 2.45 bits per heavy atom. The highest BCUT2D eigenvalue weighted by molar-refractivity contribution is 6.30. The largest absolute Gasteiger partial charge is 0.368 e. The average molecular weight is 321 g/mol. The van der Waals surface area contributed by atoms with E-state index in [2.05, 4.69) is 22.8 Å². The molecule has 0 radical (unpaired) electrons. The van der Waals surface area contributed by atoms with Gasteiger partial charge in [0, 0.05) is 42.8 Å². The summed E-state index contributed by atoms with van der Waals surface area (Å²) >= 11 is 6.13. The predicted octanol–water partition coefficient (Wildman–Crippen LogP) is 3.88. The molecule has 22 heavy (non-hydrogen) atoms. The number of benzene rings is 1. The average Bonchev–Trinajstić information content (AvgIpc) is 2.57. The van der Waals surface area contributed by atoms with Crippen LogP contribution in [-0.4, -0.2) is 37.0 Å². The minimum atomic E-state index is 0.285. The number of aryl methyl sites for hydroxylation is 1. The SMILES string of the molecule is Cc1ccc(Cl)cc1N1CCN(C(=O)C2CCCCC2)CC1. The van der Waals surface area contributed by atoms with Crippen molar-refractivity contribution in [2.24, 2.45) is 5.92 Å². The minimum Gasteiger partial charge on any atom is -0.368 e. The molecule has 0 bridgehead atoms. The minimum absolute atomic E-state index is 0.285. The van der Waals surface area contributed by atoms with E-state index in [9.17, 15) is 4.79 Å². The number of halogens is 1. The quantitative estimate of drug-likeness (QED) is 0.825. The van der Waals surface area contributed by atoms with Crippen molar-refractivity contribution in [3.05, 3.63) is 28.8 Å². The van der Waals surface area contributed by atoms with Crippen molar-refractivity contribution in [2.45, 2.75) is 39.0 Å². The molecule has 1 heterocycles. The van der Waals surface area contributed by atoms with Crippen LogP contribution in [0.1, 0.15) is 37.7 Å². The molecule has 2 aliphatic rings. The summed E-state index contributed by atoms with van der Waals surface area (Å²) in [6, 6.07) is 6.04. The van der Waals surface area contributed by atoms with Crippen LogP contribution in [0.25, 0.3) is 0 Å². The molecule has 0 atom stereocenters. The number of carbonyl (C=O) groups excluding carboxylic acids is 1. The van der Waals surface area contributed by atoms with Crippen LogP contribution in [0, 0.1) is 12.8 Å². The Bertz CT molecular complexity index is 532. The number of anilines is 1. The molecule has 1 aromatic rings. The molecule has 1 amide bonds. The predicted molar refractivity (Wildman–Crippen MR) is 91.6 cm³/mol. The molecule has 120 valence electrons. The van der Waals surface area contributed by atoms with Gasteiger partial charge in [-0.25, -0.2) is 0 Å². The van der Waals surface area contributed by atoms with Gasteiger partial charge in [0.25, 0.3) is 0 Å². The summed E-state index contributed by atoms with van der Waals surface area (Å²) in [5, 5.41) is 0.779. The van der Waals surface area contributed by atoms with E-state index in [1.165, 1.54) is 30.5 Å². The van der Waals surface area contributed by atoms with Crippen LogP contribution in [0.15, 0.2) is 18.2 Å². The van der Waals surface area contributed by atoms with E-state index in [-0.39, 0.29) is 5.92 Å². The second kappa shape index (κ2) is 6.91. The number of nitrogens with zero attached hydrogens (tertiary/aromatic N) is 2. The van der Waals surface area contributed by atoms with Crippen LogP contribution < -0.4 is 4.90 Å². The Kier molecular flexibility index (Phi) is 4.92. The highest BCUT2D eigenvalue weighted by Crippen LogP contribution is 2.28. The Hall–Kier alpha value is -1.22. The van der Waals surface area contributed by atoms with E-state index < -0.39 is 0 Å². The van der Waals surface area contributed by atoms with Crippen molar-refractivity contribution in [3.63, 3.8) is 0 Å². The number of piperazine rings is 1. The van der Waals surface area contributed by atoms with Crippen molar-refractivity contribution >= 4 is 23.2 Å². The van der Waals surface area contributed by atoms with Gasteiger partial charge in [-0.05, 0) is 37.5 Å². The molecule has 2 fully saturated rings. The van der Waals surface area contributed by atoms with Crippen molar-refractivity contribution in [2.75, 3.05) is 31.1 Å². The third-order valence-electron chi connectivity index (χ3n) is 5.06. The van der Waals surface area contributed by atoms with Crippen molar-refractivity contribution in [1.29, 1.82) is 0 Å². The Morgan fingerprint density at radius 2 is 1.77 bits per heavy atom. The van der Waals surface area contributed by atoms with E-state index in [1.807, 2.05) is 12.1 Å². The second-order valence-corrected chi connectivity index (χ2v) is 7.01. The zero-order valence-corrected chi connectivity index (χ0v) is 14.1.